The third kappa shape index (κ3) is 4.91. The molecule has 0 aliphatic carbocycles. The summed E-state index contributed by atoms with van der Waals surface area (Å²) in [5.74, 6) is -1.37. The molecule has 2 rings (SSSR count). The molecule has 0 heterocycles. The van der Waals surface area contributed by atoms with Crippen LogP contribution in [0.1, 0.15) is 5.56 Å². The lowest BCUT2D eigenvalue weighted by molar-refractivity contribution is -0.385. The third-order valence-corrected chi connectivity index (χ3v) is 3.33. The van der Waals surface area contributed by atoms with Crippen LogP contribution < -0.4 is 14.9 Å². The Balaban J connectivity index is 2.03. The zero-order valence-corrected chi connectivity index (χ0v) is 14.4. The molecule has 0 aliphatic rings. The number of nitro groups is 2. The quantitative estimate of drug-likeness (QED) is 0.390. The molecular weight excluding hydrogens is 376 g/mol. The van der Waals surface area contributed by atoms with E-state index < -0.39 is 28.1 Å². The molecular formula is C16H14N4O8. The van der Waals surface area contributed by atoms with Crippen LogP contribution in [0.4, 0.5) is 11.4 Å². The minimum absolute atomic E-state index is 0.0639. The van der Waals surface area contributed by atoms with Gasteiger partial charge in [-0.3, -0.25) is 25.0 Å². The van der Waals surface area contributed by atoms with Gasteiger partial charge in [0.2, 0.25) is 0 Å². The molecule has 146 valence electrons. The number of non-ortho nitro benzene ring substituents is 1. The first-order valence-corrected chi connectivity index (χ1v) is 7.57. The molecule has 2 aromatic carbocycles. The van der Waals surface area contributed by atoms with Crippen molar-refractivity contribution in [2.24, 2.45) is 5.10 Å². The van der Waals surface area contributed by atoms with E-state index in [0.717, 1.165) is 18.3 Å². The Morgan fingerprint density at radius 2 is 1.93 bits per heavy atom. The van der Waals surface area contributed by atoms with E-state index in [1.54, 1.807) is 0 Å². The number of carbonyl (C=O) groups is 1. The van der Waals surface area contributed by atoms with E-state index in [0.29, 0.717) is 0 Å². The molecule has 0 fully saturated rings. The fraction of sp³-hybridized carbons (Fsp3) is 0.125. The van der Waals surface area contributed by atoms with Gasteiger partial charge in [0, 0.05) is 17.7 Å². The van der Waals surface area contributed by atoms with Gasteiger partial charge in [-0.1, -0.05) is 12.1 Å². The Morgan fingerprint density at radius 3 is 2.57 bits per heavy atom. The molecule has 0 atom stereocenters. The summed E-state index contributed by atoms with van der Waals surface area (Å²) in [5, 5.41) is 35.3. The lowest BCUT2D eigenvalue weighted by atomic mass is 10.2. The molecule has 28 heavy (non-hydrogen) atoms. The standard InChI is InChI=1S/C16H14N4O8/c1-27-14-7-11(19(23)24)6-10(16(14)22)8-17-18-15(21)9-28-13-5-3-2-4-12(13)20(25)26/h2-8,22H,9H2,1H3,(H,18,21)/b17-8+. The number of hydrogen-bond acceptors (Lipinski definition) is 9. The highest BCUT2D eigenvalue weighted by molar-refractivity contribution is 5.87. The number of phenolic OH excluding ortho intramolecular Hbond substituents is 1. The Kier molecular flexibility index (Phi) is 6.41. The maximum atomic E-state index is 11.8. The number of amides is 1. The van der Waals surface area contributed by atoms with Crippen molar-refractivity contribution in [3.8, 4) is 17.2 Å². The lowest BCUT2D eigenvalue weighted by Crippen LogP contribution is -2.24. The van der Waals surface area contributed by atoms with Crippen molar-refractivity contribution >= 4 is 23.5 Å². The first-order valence-electron chi connectivity index (χ1n) is 7.57. The van der Waals surface area contributed by atoms with Crippen molar-refractivity contribution in [3.05, 3.63) is 62.2 Å². The molecule has 0 bridgehead atoms. The average Bonchev–Trinajstić information content (AvgIpc) is 2.67. The average molecular weight is 390 g/mol. The van der Waals surface area contributed by atoms with E-state index in [2.05, 4.69) is 10.5 Å². The van der Waals surface area contributed by atoms with Crippen LogP contribution in [0.15, 0.2) is 41.5 Å². The smallest absolute Gasteiger partial charge is 0.310 e. The number of rotatable bonds is 8. The predicted octanol–water partition coefficient (Wildman–Crippen LogP) is 1.75. The molecule has 2 aromatic rings. The number of nitrogens with zero attached hydrogens (tertiary/aromatic N) is 3. The molecule has 0 unspecified atom stereocenters. The second-order valence-electron chi connectivity index (χ2n) is 5.15. The minimum Gasteiger partial charge on any atom is -0.504 e. The second kappa shape index (κ2) is 8.93. The van der Waals surface area contributed by atoms with E-state index in [1.165, 1.54) is 31.4 Å². The molecule has 0 radical (unpaired) electrons. The maximum Gasteiger partial charge on any atom is 0.310 e. The monoisotopic (exact) mass is 390 g/mol. The zero-order valence-electron chi connectivity index (χ0n) is 14.4. The Bertz CT molecular complexity index is 944. The van der Waals surface area contributed by atoms with E-state index in [1.807, 2.05) is 0 Å². The molecule has 0 spiro atoms. The highest BCUT2D eigenvalue weighted by atomic mass is 16.6. The van der Waals surface area contributed by atoms with Gasteiger partial charge in [-0.05, 0) is 6.07 Å². The number of nitro benzene ring substituents is 2. The first-order chi connectivity index (χ1) is 13.3. The molecule has 2 N–H and O–H groups in total. The van der Waals surface area contributed by atoms with Crippen molar-refractivity contribution in [3.63, 3.8) is 0 Å². The fourth-order valence-electron chi connectivity index (χ4n) is 2.05. The molecule has 0 aromatic heterocycles. The van der Waals surface area contributed by atoms with Gasteiger partial charge in [0.1, 0.15) is 0 Å². The number of aromatic hydroxyl groups is 1. The summed E-state index contributed by atoms with van der Waals surface area (Å²) in [6.45, 7) is -0.563. The summed E-state index contributed by atoms with van der Waals surface area (Å²) in [4.78, 5) is 32.2. The second-order valence-corrected chi connectivity index (χ2v) is 5.15. The summed E-state index contributed by atoms with van der Waals surface area (Å²) >= 11 is 0. The van der Waals surface area contributed by atoms with Gasteiger partial charge >= 0.3 is 5.69 Å². The number of hydrogen-bond donors (Lipinski definition) is 2. The van der Waals surface area contributed by atoms with Gasteiger partial charge in [-0.25, -0.2) is 5.43 Å². The van der Waals surface area contributed by atoms with E-state index in [-0.39, 0.29) is 28.4 Å². The van der Waals surface area contributed by atoms with E-state index in [4.69, 9.17) is 9.47 Å². The van der Waals surface area contributed by atoms with Gasteiger partial charge in [0.05, 0.1) is 29.2 Å². The molecule has 0 saturated carbocycles. The van der Waals surface area contributed by atoms with Crippen LogP contribution in [-0.2, 0) is 4.79 Å². The van der Waals surface area contributed by atoms with Crippen molar-refractivity contribution in [1.29, 1.82) is 0 Å². The molecule has 12 heteroatoms. The zero-order chi connectivity index (χ0) is 20.7. The SMILES string of the molecule is COc1cc([N+](=O)[O-])cc(/C=N/NC(=O)COc2ccccc2[N+](=O)[O-])c1O. The molecule has 0 aliphatic heterocycles. The van der Waals surface area contributed by atoms with E-state index in [9.17, 15) is 30.1 Å². The van der Waals surface area contributed by atoms with Gasteiger partial charge in [0.15, 0.2) is 23.9 Å². The number of nitrogens with one attached hydrogen (secondary N) is 1. The maximum absolute atomic E-state index is 11.8. The van der Waals surface area contributed by atoms with Gasteiger partial charge in [-0.15, -0.1) is 0 Å². The summed E-state index contributed by atoms with van der Waals surface area (Å²) in [5.41, 5.74) is 1.37. The highest BCUT2D eigenvalue weighted by Gasteiger charge is 2.16. The van der Waals surface area contributed by atoms with Crippen LogP contribution in [0.2, 0.25) is 0 Å². The lowest BCUT2D eigenvalue weighted by Gasteiger charge is -2.06. The van der Waals surface area contributed by atoms with Gasteiger partial charge in [-0.2, -0.15) is 5.10 Å². The van der Waals surface area contributed by atoms with Crippen molar-refractivity contribution < 1.29 is 29.2 Å². The van der Waals surface area contributed by atoms with Crippen LogP contribution in [-0.4, -0.2) is 40.8 Å². The number of para-hydroxylation sites is 2. The summed E-state index contributed by atoms with van der Waals surface area (Å²) in [6, 6.07) is 7.60. The Morgan fingerprint density at radius 1 is 1.21 bits per heavy atom. The van der Waals surface area contributed by atoms with Crippen LogP contribution in [0, 0.1) is 20.2 Å². The predicted molar refractivity (Wildman–Crippen MR) is 95.6 cm³/mol. The third-order valence-electron chi connectivity index (χ3n) is 3.33. The molecule has 12 nitrogen and oxygen atoms in total. The number of benzene rings is 2. The van der Waals surface area contributed by atoms with Gasteiger partial charge < -0.3 is 14.6 Å². The highest BCUT2D eigenvalue weighted by Crippen LogP contribution is 2.33. The van der Waals surface area contributed by atoms with Crippen molar-refractivity contribution in [2.45, 2.75) is 0 Å². The van der Waals surface area contributed by atoms with E-state index >= 15 is 0 Å². The van der Waals surface area contributed by atoms with Crippen LogP contribution in [0.25, 0.3) is 0 Å². The number of hydrazone groups is 1. The minimum atomic E-state index is -0.744. The van der Waals surface area contributed by atoms with Crippen molar-refractivity contribution in [1.82, 2.24) is 5.43 Å². The number of phenols is 1. The Labute approximate surface area is 157 Å². The largest absolute Gasteiger partial charge is 0.504 e. The van der Waals surface area contributed by atoms with Crippen LogP contribution >= 0.6 is 0 Å². The van der Waals surface area contributed by atoms with Crippen LogP contribution in [0.3, 0.4) is 0 Å². The number of methoxy groups -OCH3 is 1. The topological polar surface area (TPSA) is 166 Å². The molecule has 0 saturated heterocycles. The normalized spacial score (nSPS) is 10.5. The van der Waals surface area contributed by atoms with Crippen molar-refractivity contribution in [2.75, 3.05) is 13.7 Å². The Hall–Kier alpha value is -4.22. The number of ether oxygens (including phenoxy) is 2. The first kappa shape index (κ1) is 20.1. The summed E-state index contributed by atoms with van der Waals surface area (Å²) in [6.07, 6.45) is 0.980. The summed E-state index contributed by atoms with van der Waals surface area (Å²) in [7, 11) is 1.22. The van der Waals surface area contributed by atoms with Gasteiger partial charge in [0.25, 0.3) is 11.6 Å². The number of carbonyl (C=O) groups excluding carboxylic acids is 1. The molecule has 1 amide bonds. The summed E-state index contributed by atoms with van der Waals surface area (Å²) < 4.78 is 9.93. The fourth-order valence-corrected chi connectivity index (χ4v) is 2.05. The van der Waals surface area contributed by atoms with Crippen LogP contribution in [0.5, 0.6) is 17.2 Å².